The van der Waals surface area contributed by atoms with E-state index >= 15 is 0 Å². The molecule has 0 spiro atoms. The van der Waals surface area contributed by atoms with Crippen LogP contribution in [0.15, 0.2) is 0 Å². The summed E-state index contributed by atoms with van der Waals surface area (Å²) in [5.74, 6) is -2.72. The molecule has 0 aliphatic carbocycles. The molecule has 2 nitrogen and oxygen atoms in total. The summed E-state index contributed by atoms with van der Waals surface area (Å²) in [6.07, 6.45) is 0.994. The number of halogens is 2. The van der Waals surface area contributed by atoms with Crippen molar-refractivity contribution in [1.82, 2.24) is 4.90 Å². The molecule has 0 unspecified atom stereocenters. The lowest BCUT2D eigenvalue weighted by molar-refractivity contribution is -0.0198. The highest BCUT2D eigenvalue weighted by Crippen LogP contribution is 2.30. The van der Waals surface area contributed by atoms with Crippen LogP contribution in [0.4, 0.5) is 8.78 Å². The molecule has 1 fully saturated rings. The molecule has 1 aliphatic heterocycles. The topological polar surface area (TPSA) is 29.3 Å². The summed E-state index contributed by atoms with van der Waals surface area (Å²) in [6.45, 7) is 4.99. The quantitative estimate of drug-likeness (QED) is 0.730. The van der Waals surface area contributed by atoms with E-state index in [-0.39, 0.29) is 12.0 Å². The first kappa shape index (κ1) is 10.9. The number of nitrogens with zero attached hydrogens (tertiary/aromatic N) is 1. The van der Waals surface area contributed by atoms with Crippen molar-refractivity contribution >= 4 is 0 Å². The van der Waals surface area contributed by atoms with Gasteiger partial charge in [-0.3, -0.25) is 4.90 Å². The summed E-state index contributed by atoms with van der Waals surface area (Å²) in [4.78, 5) is 1.80. The van der Waals surface area contributed by atoms with E-state index < -0.39 is 12.5 Å². The highest BCUT2D eigenvalue weighted by Gasteiger charge is 2.36. The summed E-state index contributed by atoms with van der Waals surface area (Å²) >= 11 is 0. The van der Waals surface area contributed by atoms with E-state index in [0.29, 0.717) is 0 Å². The van der Waals surface area contributed by atoms with Crippen molar-refractivity contribution in [3.05, 3.63) is 0 Å². The van der Waals surface area contributed by atoms with Crippen molar-refractivity contribution in [2.75, 3.05) is 26.2 Å². The van der Waals surface area contributed by atoms with E-state index in [1.807, 2.05) is 0 Å². The number of nitrogens with two attached hydrogens (primary N) is 1. The predicted molar refractivity (Wildman–Crippen MR) is 48.8 cm³/mol. The first-order valence-corrected chi connectivity index (χ1v) is 4.65. The van der Waals surface area contributed by atoms with Crippen LogP contribution in [-0.2, 0) is 0 Å². The lowest BCUT2D eigenvalue weighted by Crippen LogP contribution is -2.41. The summed E-state index contributed by atoms with van der Waals surface area (Å²) in [6, 6.07) is 0. The SMILES string of the molecule is CC1(C)CCN(CC(F)(F)CN)C1. The lowest BCUT2D eigenvalue weighted by atomic mass is 9.93. The van der Waals surface area contributed by atoms with E-state index in [4.69, 9.17) is 5.73 Å². The highest BCUT2D eigenvalue weighted by molar-refractivity contribution is 4.85. The third kappa shape index (κ3) is 3.19. The molecule has 0 aromatic rings. The molecular formula is C9H18F2N2. The number of likely N-dealkylation sites (tertiary alicyclic amines) is 1. The van der Waals surface area contributed by atoms with Crippen LogP contribution in [0.25, 0.3) is 0 Å². The van der Waals surface area contributed by atoms with E-state index in [9.17, 15) is 8.78 Å². The Morgan fingerprint density at radius 2 is 2.08 bits per heavy atom. The zero-order valence-corrected chi connectivity index (χ0v) is 8.32. The number of hydrogen-bond donors (Lipinski definition) is 1. The molecule has 0 amide bonds. The van der Waals surface area contributed by atoms with Gasteiger partial charge >= 0.3 is 0 Å². The normalized spacial score (nSPS) is 23.8. The van der Waals surface area contributed by atoms with Gasteiger partial charge in [0.2, 0.25) is 0 Å². The smallest absolute Gasteiger partial charge is 0.272 e. The van der Waals surface area contributed by atoms with Crippen LogP contribution < -0.4 is 5.73 Å². The molecule has 0 atom stereocenters. The Labute approximate surface area is 78.1 Å². The van der Waals surface area contributed by atoms with Gasteiger partial charge in [0.1, 0.15) is 0 Å². The molecule has 0 aromatic heterocycles. The number of rotatable bonds is 3. The number of hydrogen-bond acceptors (Lipinski definition) is 2. The Morgan fingerprint density at radius 3 is 2.46 bits per heavy atom. The van der Waals surface area contributed by atoms with E-state index in [0.717, 1.165) is 19.5 Å². The van der Waals surface area contributed by atoms with Gasteiger partial charge < -0.3 is 5.73 Å². The number of alkyl halides is 2. The molecule has 1 saturated heterocycles. The molecular weight excluding hydrogens is 174 g/mol. The highest BCUT2D eigenvalue weighted by atomic mass is 19.3. The van der Waals surface area contributed by atoms with Gasteiger partial charge in [0.15, 0.2) is 0 Å². The predicted octanol–water partition coefficient (Wildman–Crippen LogP) is 1.31. The fourth-order valence-corrected chi connectivity index (χ4v) is 1.75. The summed E-state index contributed by atoms with van der Waals surface area (Å²) < 4.78 is 25.8. The van der Waals surface area contributed by atoms with Crippen molar-refractivity contribution in [2.24, 2.45) is 11.1 Å². The fraction of sp³-hybridized carbons (Fsp3) is 1.00. The fourth-order valence-electron chi connectivity index (χ4n) is 1.75. The first-order chi connectivity index (χ1) is 5.85. The summed E-state index contributed by atoms with van der Waals surface area (Å²) in [7, 11) is 0. The summed E-state index contributed by atoms with van der Waals surface area (Å²) in [5.41, 5.74) is 5.16. The Kier molecular flexibility index (Phi) is 2.92. The van der Waals surface area contributed by atoms with Gasteiger partial charge in [-0.2, -0.15) is 0 Å². The molecule has 0 saturated carbocycles. The molecule has 2 N–H and O–H groups in total. The Morgan fingerprint density at radius 1 is 1.46 bits per heavy atom. The van der Waals surface area contributed by atoms with Crippen molar-refractivity contribution in [3.8, 4) is 0 Å². The minimum absolute atomic E-state index is 0.185. The van der Waals surface area contributed by atoms with Gasteiger partial charge in [-0.25, -0.2) is 8.78 Å². The van der Waals surface area contributed by atoms with Gasteiger partial charge in [0.05, 0.1) is 13.1 Å². The average Bonchev–Trinajstić information content (AvgIpc) is 2.29. The van der Waals surface area contributed by atoms with Crippen molar-refractivity contribution in [2.45, 2.75) is 26.2 Å². The molecule has 4 heteroatoms. The second-order valence-corrected chi connectivity index (χ2v) is 4.68. The van der Waals surface area contributed by atoms with Gasteiger partial charge in [-0.1, -0.05) is 13.8 Å². The van der Waals surface area contributed by atoms with Crippen molar-refractivity contribution in [1.29, 1.82) is 0 Å². The first-order valence-electron chi connectivity index (χ1n) is 4.65. The molecule has 1 aliphatic rings. The monoisotopic (exact) mass is 192 g/mol. The molecule has 0 radical (unpaired) electrons. The van der Waals surface area contributed by atoms with Crippen LogP contribution in [0.5, 0.6) is 0 Å². The van der Waals surface area contributed by atoms with E-state index in [2.05, 4.69) is 13.8 Å². The van der Waals surface area contributed by atoms with Gasteiger partial charge in [0, 0.05) is 6.54 Å². The van der Waals surface area contributed by atoms with Crippen LogP contribution in [0, 0.1) is 5.41 Å². The third-order valence-electron chi connectivity index (χ3n) is 2.51. The van der Waals surface area contributed by atoms with Crippen LogP contribution in [0.3, 0.4) is 0 Å². The molecule has 1 heterocycles. The summed E-state index contributed by atoms with van der Waals surface area (Å²) in [5, 5.41) is 0. The third-order valence-corrected chi connectivity index (χ3v) is 2.51. The maximum atomic E-state index is 12.9. The standard InChI is InChI=1S/C9H18F2N2/c1-8(2)3-4-13(6-8)7-9(10,11)5-12/h3-7,12H2,1-2H3. The molecule has 78 valence electrons. The minimum Gasteiger partial charge on any atom is -0.325 e. The van der Waals surface area contributed by atoms with Crippen molar-refractivity contribution in [3.63, 3.8) is 0 Å². The lowest BCUT2D eigenvalue weighted by Gasteiger charge is -2.23. The van der Waals surface area contributed by atoms with Crippen LogP contribution in [0.1, 0.15) is 20.3 Å². The minimum atomic E-state index is -2.72. The maximum Gasteiger partial charge on any atom is 0.272 e. The second-order valence-electron chi connectivity index (χ2n) is 4.68. The molecule has 0 aromatic carbocycles. The second kappa shape index (κ2) is 3.50. The molecule has 13 heavy (non-hydrogen) atoms. The zero-order valence-electron chi connectivity index (χ0n) is 8.32. The van der Waals surface area contributed by atoms with Crippen molar-refractivity contribution < 1.29 is 8.78 Å². The largest absolute Gasteiger partial charge is 0.325 e. The Bertz CT molecular complexity index is 180. The Hall–Kier alpha value is -0.220. The maximum absolute atomic E-state index is 12.9. The zero-order chi connectivity index (χ0) is 10.1. The average molecular weight is 192 g/mol. The van der Waals surface area contributed by atoms with Crippen LogP contribution in [0.2, 0.25) is 0 Å². The van der Waals surface area contributed by atoms with E-state index in [1.165, 1.54) is 0 Å². The van der Waals surface area contributed by atoms with E-state index in [1.54, 1.807) is 4.90 Å². The molecule has 0 bridgehead atoms. The molecule has 1 rings (SSSR count). The van der Waals surface area contributed by atoms with Crippen LogP contribution >= 0.6 is 0 Å². The Balaban J connectivity index is 2.40. The van der Waals surface area contributed by atoms with Crippen LogP contribution in [-0.4, -0.2) is 37.0 Å². The van der Waals surface area contributed by atoms with Gasteiger partial charge in [0.25, 0.3) is 5.92 Å². The van der Waals surface area contributed by atoms with Gasteiger partial charge in [-0.15, -0.1) is 0 Å². The van der Waals surface area contributed by atoms with Gasteiger partial charge in [-0.05, 0) is 18.4 Å².